The first-order chi connectivity index (χ1) is 12.4. The van der Waals surface area contributed by atoms with Crippen LogP contribution < -0.4 is 15.0 Å². The molecule has 0 radical (unpaired) electrons. The molecule has 0 unspecified atom stereocenters. The van der Waals surface area contributed by atoms with E-state index in [0.29, 0.717) is 18.1 Å². The molecule has 2 rings (SSSR count). The van der Waals surface area contributed by atoms with Crippen LogP contribution >= 0.6 is 11.6 Å². The Morgan fingerprint density at radius 2 is 1.92 bits per heavy atom. The molecule has 0 bridgehead atoms. The van der Waals surface area contributed by atoms with Crippen LogP contribution in [-0.2, 0) is 16.1 Å². The van der Waals surface area contributed by atoms with Crippen LogP contribution in [0.2, 0.25) is 5.02 Å². The molecule has 0 heterocycles. The highest BCUT2D eigenvalue weighted by molar-refractivity contribution is 6.30. The number of benzene rings is 2. The van der Waals surface area contributed by atoms with Gasteiger partial charge in [-0.15, -0.1) is 0 Å². The maximum atomic E-state index is 12.2. The predicted octanol–water partition coefficient (Wildman–Crippen LogP) is 3.72. The van der Waals surface area contributed by atoms with Gasteiger partial charge < -0.3 is 15.0 Å². The molecule has 1 N–H and O–H groups in total. The van der Waals surface area contributed by atoms with Crippen molar-refractivity contribution in [1.29, 1.82) is 0 Å². The third kappa shape index (κ3) is 5.23. The van der Waals surface area contributed by atoms with Gasteiger partial charge in [-0.25, -0.2) is 0 Å². The zero-order valence-corrected chi connectivity index (χ0v) is 16.0. The van der Waals surface area contributed by atoms with Gasteiger partial charge in [0.2, 0.25) is 11.8 Å². The number of hydrogen-bond acceptors (Lipinski definition) is 3. The summed E-state index contributed by atoms with van der Waals surface area (Å²) >= 11 is 5.98. The van der Waals surface area contributed by atoms with E-state index in [1.54, 1.807) is 30.2 Å². The molecule has 0 spiro atoms. The van der Waals surface area contributed by atoms with Gasteiger partial charge in [0.1, 0.15) is 5.75 Å². The molecule has 0 fully saturated rings. The van der Waals surface area contributed by atoms with Crippen LogP contribution in [-0.4, -0.2) is 25.5 Å². The van der Waals surface area contributed by atoms with Crippen LogP contribution in [0.3, 0.4) is 0 Å². The summed E-state index contributed by atoms with van der Waals surface area (Å²) in [4.78, 5) is 25.8. The van der Waals surface area contributed by atoms with Crippen LogP contribution in [0, 0.1) is 6.92 Å². The van der Waals surface area contributed by atoms with Crippen LogP contribution in [0.15, 0.2) is 42.5 Å². The number of hydrogen-bond donors (Lipinski definition) is 1. The van der Waals surface area contributed by atoms with Gasteiger partial charge in [-0.3, -0.25) is 9.59 Å². The smallest absolute Gasteiger partial charge is 0.223 e. The first-order valence-electron chi connectivity index (χ1n) is 8.35. The van der Waals surface area contributed by atoms with Gasteiger partial charge >= 0.3 is 0 Å². The zero-order chi connectivity index (χ0) is 19.1. The fourth-order valence-corrected chi connectivity index (χ4v) is 2.94. The minimum atomic E-state index is -0.131. The fourth-order valence-electron chi connectivity index (χ4n) is 2.71. The number of carbonyl (C=O) groups excluding carboxylic acids is 2. The lowest BCUT2D eigenvalue weighted by atomic mass is 10.1. The number of amides is 2. The number of anilines is 1. The van der Waals surface area contributed by atoms with E-state index in [0.717, 1.165) is 22.6 Å². The number of para-hydroxylation sites is 1. The lowest BCUT2D eigenvalue weighted by molar-refractivity contribution is -0.121. The third-order valence-corrected chi connectivity index (χ3v) is 4.30. The minimum Gasteiger partial charge on any atom is -0.496 e. The Labute approximate surface area is 158 Å². The number of nitrogens with zero attached hydrogens (tertiary/aromatic N) is 1. The summed E-state index contributed by atoms with van der Waals surface area (Å²) in [5.41, 5.74) is 2.56. The van der Waals surface area contributed by atoms with Crippen LogP contribution in [0.5, 0.6) is 5.75 Å². The van der Waals surface area contributed by atoms with Crippen molar-refractivity contribution < 1.29 is 14.3 Å². The molecular weight excluding hydrogens is 352 g/mol. The van der Waals surface area contributed by atoms with Gasteiger partial charge in [-0.05, 0) is 36.8 Å². The molecule has 0 aliphatic heterocycles. The number of carbonyl (C=O) groups is 2. The normalized spacial score (nSPS) is 10.3. The lowest BCUT2D eigenvalue weighted by Gasteiger charge is -2.23. The van der Waals surface area contributed by atoms with Crippen molar-refractivity contribution in [1.82, 2.24) is 5.32 Å². The van der Waals surface area contributed by atoms with Crippen molar-refractivity contribution in [2.45, 2.75) is 26.8 Å². The van der Waals surface area contributed by atoms with E-state index in [4.69, 9.17) is 16.3 Å². The van der Waals surface area contributed by atoms with E-state index < -0.39 is 0 Å². The van der Waals surface area contributed by atoms with Gasteiger partial charge in [-0.2, -0.15) is 0 Å². The summed E-state index contributed by atoms with van der Waals surface area (Å²) in [6.45, 7) is 4.05. The largest absolute Gasteiger partial charge is 0.496 e. The summed E-state index contributed by atoms with van der Waals surface area (Å²) in [5, 5.41) is 3.48. The molecule has 0 atom stereocenters. The third-order valence-electron chi connectivity index (χ3n) is 4.06. The van der Waals surface area contributed by atoms with Crippen molar-refractivity contribution in [3.8, 4) is 5.75 Å². The number of rotatable bonds is 7. The summed E-state index contributed by atoms with van der Waals surface area (Å²) in [6.07, 6.45) is 0.205. The molecule has 5 nitrogen and oxygen atoms in total. The SMILES string of the molecule is COc1ccccc1CNC(=O)CCN(C(C)=O)c1ccc(Cl)cc1C. The molecule has 0 aromatic heterocycles. The second-order valence-electron chi connectivity index (χ2n) is 5.94. The maximum Gasteiger partial charge on any atom is 0.223 e. The molecule has 2 amide bonds. The van der Waals surface area contributed by atoms with E-state index in [1.165, 1.54) is 6.92 Å². The molecule has 26 heavy (non-hydrogen) atoms. The second-order valence-corrected chi connectivity index (χ2v) is 6.38. The van der Waals surface area contributed by atoms with Crippen molar-refractivity contribution in [3.63, 3.8) is 0 Å². The lowest BCUT2D eigenvalue weighted by Crippen LogP contribution is -2.34. The maximum absolute atomic E-state index is 12.2. The quantitative estimate of drug-likeness (QED) is 0.803. The molecule has 138 valence electrons. The molecule has 0 saturated carbocycles. The summed E-state index contributed by atoms with van der Waals surface area (Å²) in [5.74, 6) is 0.483. The number of methoxy groups -OCH3 is 1. The molecule has 6 heteroatoms. The summed E-state index contributed by atoms with van der Waals surface area (Å²) in [6, 6.07) is 12.9. The van der Waals surface area contributed by atoms with Crippen LogP contribution in [0.1, 0.15) is 24.5 Å². The Balaban J connectivity index is 1.96. The van der Waals surface area contributed by atoms with Gasteiger partial charge in [0.15, 0.2) is 0 Å². The minimum absolute atomic E-state index is 0.118. The van der Waals surface area contributed by atoms with Gasteiger partial charge in [0, 0.05) is 42.7 Å². The standard InChI is InChI=1S/C20H23ClN2O3/c1-14-12-17(21)8-9-18(14)23(15(2)24)11-10-20(25)22-13-16-6-4-5-7-19(16)26-3/h4-9,12H,10-11,13H2,1-3H3,(H,22,25). The molecule has 2 aromatic rings. The first-order valence-corrected chi connectivity index (χ1v) is 8.73. The van der Waals surface area contributed by atoms with Gasteiger partial charge in [0.05, 0.1) is 7.11 Å². The number of ether oxygens (including phenoxy) is 1. The van der Waals surface area contributed by atoms with Crippen molar-refractivity contribution >= 4 is 29.1 Å². The Morgan fingerprint density at radius 3 is 2.58 bits per heavy atom. The van der Waals surface area contributed by atoms with E-state index >= 15 is 0 Å². The van der Waals surface area contributed by atoms with Gasteiger partial charge in [0.25, 0.3) is 0 Å². The van der Waals surface area contributed by atoms with Crippen LogP contribution in [0.25, 0.3) is 0 Å². The van der Waals surface area contributed by atoms with Crippen molar-refractivity contribution in [2.24, 2.45) is 0 Å². The van der Waals surface area contributed by atoms with E-state index in [-0.39, 0.29) is 18.2 Å². The first kappa shape index (κ1) is 19.8. The average Bonchev–Trinajstić information content (AvgIpc) is 2.61. The monoisotopic (exact) mass is 374 g/mol. The zero-order valence-electron chi connectivity index (χ0n) is 15.2. The van der Waals surface area contributed by atoms with Gasteiger partial charge in [-0.1, -0.05) is 29.8 Å². The van der Waals surface area contributed by atoms with Crippen molar-refractivity contribution in [3.05, 3.63) is 58.6 Å². The molecule has 0 aliphatic carbocycles. The number of aryl methyl sites for hydroxylation is 1. The number of halogens is 1. The van der Waals surface area contributed by atoms with E-state index in [9.17, 15) is 9.59 Å². The van der Waals surface area contributed by atoms with Crippen LogP contribution in [0.4, 0.5) is 5.69 Å². The predicted molar refractivity (Wildman–Crippen MR) is 104 cm³/mol. The van der Waals surface area contributed by atoms with E-state index in [2.05, 4.69) is 5.32 Å². The number of nitrogens with one attached hydrogen (secondary N) is 1. The molecule has 2 aromatic carbocycles. The second kappa shape index (κ2) is 9.25. The Kier molecular flexibility index (Phi) is 7.04. The summed E-state index contributed by atoms with van der Waals surface area (Å²) < 4.78 is 5.27. The fraction of sp³-hybridized carbons (Fsp3) is 0.300. The molecular formula is C20H23ClN2O3. The highest BCUT2D eigenvalue weighted by Gasteiger charge is 2.15. The highest BCUT2D eigenvalue weighted by Crippen LogP contribution is 2.24. The topological polar surface area (TPSA) is 58.6 Å². The Hall–Kier alpha value is -2.53. The highest BCUT2D eigenvalue weighted by atomic mass is 35.5. The summed E-state index contributed by atoms with van der Waals surface area (Å²) in [7, 11) is 1.60. The average molecular weight is 375 g/mol. The van der Waals surface area contributed by atoms with Crippen molar-refractivity contribution in [2.75, 3.05) is 18.6 Å². The molecule has 0 aliphatic rings. The Morgan fingerprint density at radius 1 is 1.19 bits per heavy atom. The molecule has 0 saturated heterocycles. The Bertz CT molecular complexity index is 792. The van der Waals surface area contributed by atoms with E-state index in [1.807, 2.05) is 31.2 Å².